The van der Waals surface area contributed by atoms with E-state index in [1.165, 1.54) is 6.07 Å². The minimum absolute atomic E-state index is 0.0404. The highest BCUT2D eigenvalue weighted by Crippen LogP contribution is 2.29. The molecule has 0 amide bonds. The fraction of sp³-hybridized carbons (Fsp3) is 0.0667. The number of anilines is 1. The van der Waals surface area contributed by atoms with Crippen LogP contribution in [0.1, 0.15) is 18.1 Å². The Bertz CT molecular complexity index is 868. The first kappa shape index (κ1) is 16.6. The van der Waals surface area contributed by atoms with E-state index < -0.39 is 15.5 Å². The second-order valence-corrected chi connectivity index (χ2v) is 4.71. The monoisotopic (exact) mass is 325 g/mol. The lowest BCUT2D eigenvalue weighted by Gasteiger charge is -2.05. The Hall–Kier alpha value is -3.80. The molecule has 0 saturated heterocycles. The lowest BCUT2D eigenvalue weighted by molar-refractivity contribution is -0.393. The third kappa shape index (κ3) is 3.69. The van der Waals surface area contributed by atoms with Gasteiger partial charge in [-0.2, -0.15) is 10.4 Å². The Labute approximate surface area is 136 Å². The highest BCUT2D eigenvalue weighted by atomic mass is 16.6. The molecule has 0 spiro atoms. The second-order valence-electron chi connectivity index (χ2n) is 4.71. The van der Waals surface area contributed by atoms with Crippen LogP contribution in [0.2, 0.25) is 0 Å². The zero-order valence-corrected chi connectivity index (χ0v) is 12.5. The predicted octanol–water partition coefficient (Wildman–Crippen LogP) is 3.21. The van der Waals surface area contributed by atoms with Gasteiger partial charge in [0.05, 0.1) is 33.3 Å². The summed E-state index contributed by atoms with van der Waals surface area (Å²) >= 11 is 0. The van der Waals surface area contributed by atoms with Crippen LogP contribution in [0, 0.1) is 31.6 Å². The number of hydrogen-bond donors (Lipinski definition) is 1. The van der Waals surface area contributed by atoms with Crippen molar-refractivity contribution in [1.29, 1.82) is 5.26 Å². The van der Waals surface area contributed by atoms with Gasteiger partial charge in [-0.3, -0.25) is 25.7 Å². The van der Waals surface area contributed by atoms with Crippen LogP contribution < -0.4 is 5.43 Å². The van der Waals surface area contributed by atoms with Crippen LogP contribution in [0.5, 0.6) is 0 Å². The number of hydrogen-bond acceptors (Lipinski definition) is 7. The van der Waals surface area contributed by atoms with Crippen molar-refractivity contribution in [3.05, 3.63) is 73.8 Å². The van der Waals surface area contributed by atoms with Crippen LogP contribution in [-0.2, 0) is 0 Å². The summed E-state index contributed by atoms with van der Waals surface area (Å²) in [6, 6.07) is 11.9. The van der Waals surface area contributed by atoms with Gasteiger partial charge in [-0.15, -0.1) is 0 Å². The molecule has 0 unspecified atom stereocenters. The summed E-state index contributed by atoms with van der Waals surface area (Å²) in [6.45, 7) is 1.69. The van der Waals surface area contributed by atoms with Crippen molar-refractivity contribution in [2.24, 2.45) is 5.10 Å². The van der Waals surface area contributed by atoms with Gasteiger partial charge in [0.1, 0.15) is 5.69 Å². The fourth-order valence-corrected chi connectivity index (χ4v) is 1.87. The van der Waals surface area contributed by atoms with Crippen LogP contribution in [0.15, 0.2) is 47.6 Å². The molecule has 0 aliphatic heterocycles. The van der Waals surface area contributed by atoms with E-state index in [4.69, 9.17) is 5.26 Å². The summed E-state index contributed by atoms with van der Waals surface area (Å²) in [5.74, 6) is 0. The first-order valence-corrected chi connectivity index (χ1v) is 6.66. The van der Waals surface area contributed by atoms with Gasteiger partial charge in [-0.1, -0.05) is 12.1 Å². The molecular formula is C15H11N5O4. The van der Waals surface area contributed by atoms with Crippen molar-refractivity contribution in [2.45, 2.75) is 6.92 Å². The van der Waals surface area contributed by atoms with Crippen LogP contribution in [0.3, 0.4) is 0 Å². The van der Waals surface area contributed by atoms with Crippen LogP contribution >= 0.6 is 0 Å². The Morgan fingerprint density at radius 1 is 1.12 bits per heavy atom. The maximum atomic E-state index is 11.0. The first-order valence-electron chi connectivity index (χ1n) is 6.66. The van der Waals surface area contributed by atoms with Gasteiger partial charge in [0.25, 0.3) is 5.69 Å². The third-order valence-corrected chi connectivity index (χ3v) is 3.16. The van der Waals surface area contributed by atoms with Gasteiger partial charge in [0, 0.05) is 6.07 Å². The van der Waals surface area contributed by atoms with Gasteiger partial charge < -0.3 is 0 Å². The van der Waals surface area contributed by atoms with Crippen LogP contribution in [-0.4, -0.2) is 15.6 Å². The second kappa shape index (κ2) is 6.97. The zero-order chi connectivity index (χ0) is 17.7. The third-order valence-electron chi connectivity index (χ3n) is 3.16. The molecule has 2 rings (SSSR count). The molecule has 0 fully saturated rings. The molecule has 0 aliphatic rings. The highest BCUT2D eigenvalue weighted by molar-refractivity contribution is 5.99. The molecule has 2 aromatic rings. The van der Waals surface area contributed by atoms with E-state index in [1.54, 1.807) is 31.2 Å². The Morgan fingerprint density at radius 3 is 2.33 bits per heavy atom. The van der Waals surface area contributed by atoms with Crippen molar-refractivity contribution >= 4 is 22.8 Å². The molecule has 0 radical (unpaired) electrons. The molecule has 9 heteroatoms. The molecular weight excluding hydrogens is 314 g/mol. The molecule has 0 saturated carbocycles. The summed E-state index contributed by atoms with van der Waals surface area (Å²) in [4.78, 5) is 20.3. The van der Waals surface area contributed by atoms with E-state index in [1.807, 2.05) is 6.07 Å². The first-order chi connectivity index (χ1) is 11.4. The smallest absolute Gasteiger partial charge is 0.271 e. The molecule has 0 bridgehead atoms. The largest absolute Gasteiger partial charge is 0.301 e. The molecule has 24 heavy (non-hydrogen) atoms. The summed E-state index contributed by atoms with van der Waals surface area (Å²) in [7, 11) is 0. The maximum absolute atomic E-state index is 11.0. The van der Waals surface area contributed by atoms with E-state index in [2.05, 4.69) is 10.5 Å². The summed E-state index contributed by atoms with van der Waals surface area (Å²) < 4.78 is 0. The van der Waals surface area contributed by atoms with Gasteiger partial charge in [0.15, 0.2) is 0 Å². The van der Waals surface area contributed by atoms with Gasteiger partial charge >= 0.3 is 5.69 Å². The number of nitro groups is 2. The number of nitrogens with one attached hydrogen (secondary N) is 1. The van der Waals surface area contributed by atoms with Crippen LogP contribution in [0.4, 0.5) is 17.1 Å². The standard InChI is InChI=1S/C15H11N5O4/c1-10(12-4-2-11(9-16)3-5-12)17-18-14-7-6-13(19(21)22)8-15(14)20(23)24/h2-8,18H,1H3/b17-10+. The summed E-state index contributed by atoms with van der Waals surface area (Å²) in [5.41, 5.74) is 3.54. The lowest BCUT2D eigenvalue weighted by atomic mass is 10.1. The van der Waals surface area contributed by atoms with E-state index in [0.29, 0.717) is 11.3 Å². The molecule has 0 atom stereocenters. The predicted molar refractivity (Wildman–Crippen MR) is 86.7 cm³/mol. The molecule has 2 aromatic carbocycles. The summed E-state index contributed by atoms with van der Waals surface area (Å²) in [6.07, 6.45) is 0. The highest BCUT2D eigenvalue weighted by Gasteiger charge is 2.19. The number of nitrogens with zero attached hydrogens (tertiary/aromatic N) is 4. The SMILES string of the molecule is C/C(=N\Nc1ccc([N+](=O)[O-])cc1[N+](=O)[O-])c1ccc(C#N)cc1. The minimum Gasteiger partial charge on any atom is -0.271 e. The number of nitriles is 1. The molecule has 9 nitrogen and oxygen atoms in total. The van der Waals surface area contributed by atoms with Crippen molar-refractivity contribution < 1.29 is 9.85 Å². The zero-order valence-electron chi connectivity index (χ0n) is 12.5. The Balaban J connectivity index is 2.28. The van der Waals surface area contributed by atoms with Gasteiger partial charge in [-0.05, 0) is 30.7 Å². The van der Waals surface area contributed by atoms with Crippen molar-refractivity contribution in [1.82, 2.24) is 0 Å². The number of rotatable bonds is 5. The minimum atomic E-state index is -0.720. The van der Waals surface area contributed by atoms with Gasteiger partial charge in [-0.25, -0.2) is 0 Å². The lowest BCUT2D eigenvalue weighted by Crippen LogP contribution is -2.02. The van der Waals surface area contributed by atoms with Crippen molar-refractivity contribution in [3.8, 4) is 6.07 Å². The van der Waals surface area contributed by atoms with Crippen molar-refractivity contribution in [3.63, 3.8) is 0 Å². The summed E-state index contributed by atoms with van der Waals surface area (Å²) in [5, 5.41) is 34.6. The van der Waals surface area contributed by atoms with E-state index in [0.717, 1.165) is 17.7 Å². The number of nitro benzene ring substituents is 2. The van der Waals surface area contributed by atoms with E-state index >= 15 is 0 Å². The molecule has 0 aromatic heterocycles. The quantitative estimate of drug-likeness (QED) is 0.509. The van der Waals surface area contributed by atoms with Gasteiger partial charge in [0.2, 0.25) is 0 Å². The topological polar surface area (TPSA) is 134 Å². The molecule has 0 heterocycles. The average molecular weight is 325 g/mol. The fourth-order valence-electron chi connectivity index (χ4n) is 1.87. The number of benzene rings is 2. The maximum Gasteiger partial charge on any atom is 0.301 e. The normalized spacial score (nSPS) is 10.8. The Kier molecular flexibility index (Phi) is 4.81. The average Bonchev–Trinajstić information content (AvgIpc) is 2.59. The van der Waals surface area contributed by atoms with Crippen molar-refractivity contribution in [2.75, 3.05) is 5.43 Å². The molecule has 0 aliphatic carbocycles. The Morgan fingerprint density at radius 2 is 1.79 bits per heavy atom. The molecule has 1 N–H and O–H groups in total. The van der Waals surface area contributed by atoms with E-state index in [-0.39, 0.29) is 11.4 Å². The molecule has 120 valence electrons. The van der Waals surface area contributed by atoms with Crippen LogP contribution in [0.25, 0.3) is 0 Å². The number of non-ortho nitro benzene ring substituents is 1. The number of hydrazone groups is 1. The van der Waals surface area contributed by atoms with E-state index in [9.17, 15) is 20.2 Å².